The Kier molecular flexibility index (Phi) is 3.41. The molecule has 0 fully saturated rings. The summed E-state index contributed by atoms with van der Waals surface area (Å²) < 4.78 is 0. The van der Waals surface area contributed by atoms with E-state index in [0.717, 1.165) is 12.3 Å². The molecule has 0 amide bonds. The van der Waals surface area contributed by atoms with Crippen molar-refractivity contribution in [2.45, 2.75) is 39.5 Å². The molecule has 1 rings (SSSR count). The van der Waals surface area contributed by atoms with Crippen LogP contribution in [0, 0.1) is 12.0 Å². The summed E-state index contributed by atoms with van der Waals surface area (Å²) in [5, 5.41) is 0. The van der Waals surface area contributed by atoms with Gasteiger partial charge in [-0.1, -0.05) is 38.0 Å². The van der Waals surface area contributed by atoms with Crippen LogP contribution in [-0.2, 0) is 0 Å². The molecule has 0 nitrogen and oxygen atoms in total. The molecule has 1 aliphatic rings. The number of allylic oxidation sites excluding steroid dienone is 4. The number of hydrogen-bond acceptors (Lipinski definition) is 0. The second kappa shape index (κ2) is 4.38. The van der Waals surface area contributed by atoms with E-state index < -0.39 is 0 Å². The van der Waals surface area contributed by atoms with E-state index in [1.807, 2.05) is 0 Å². The monoisotopic (exact) mass is 149 g/mol. The standard InChI is InChI=1S/C11H17/c1-3-10-7-5-6-8-11(4-2)9-10/h5,7,11H,3-4,8-9H2,1-2H3. The fourth-order valence-electron chi connectivity index (χ4n) is 1.47. The first kappa shape index (κ1) is 8.58. The first-order valence-corrected chi connectivity index (χ1v) is 4.61. The SMILES string of the molecule is CCC1=CC=[C]CC(CC)C1. The Morgan fingerprint density at radius 2 is 2.36 bits per heavy atom. The third-order valence-corrected chi connectivity index (χ3v) is 2.43. The summed E-state index contributed by atoms with van der Waals surface area (Å²) in [5.41, 5.74) is 1.59. The van der Waals surface area contributed by atoms with Gasteiger partial charge in [0.05, 0.1) is 0 Å². The molecule has 11 heavy (non-hydrogen) atoms. The van der Waals surface area contributed by atoms with Crippen LogP contribution >= 0.6 is 0 Å². The van der Waals surface area contributed by atoms with Crippen molar-refractivity contribution >= 4 is 0 Å². The molecule has 0 spiro atoms. The quantitative estimate of drug-likeness (QED) is 0.563. The zero-order chi connectivity index (χ0) is 8.10. The van der Waals surface area contributed by atoms with Crippen LogP contribution < -0.4 is 0 Å². The van der Waals surface area contributed by atoms with Gasteiger partial charge in [-0.05, 0) is 31.3 Å². The maximum absolute atomic E-state index is 3.31. The van der Waals surface area contributed by atoms with Crippen LogP contribution in [0.2, 0.25) is 0 Å². The van der Waals surface area contributed by atoms with Crippen LogP contribution in [-0.4, -0.2) is 0 Å². The lowest BCUT2D eigenvalue weighted by atomic mass is 9.94. The van der Waals surface area contributed by atoms with Gasteiger partial charge in [-0.3, -0.25) is 0 Å². The molecule has 61 valence electrons. The molecule has 1 aliphatic carbocycles. The summed E-state index contributed by atoms with van der Waals surface area (Å²) in [5.74, 6) is 0.847. The van der Waals surface area contributed by atoms with Crippen molar-refractivity contribution in [3.63, 3.8) is 0 Å². The molecule has 0 aromatic carbocycles. The van der Waals surface area contributed by atoms with Gasteiger partial charge >= 0.3 is 0 Å². The van der Waals surface area contributed by atoms with Crippen LogP contribution in [0.15, 0.2) is 17.7 Å². The average Bonchev–Trinajstić information content (AvgIpc) is 2.28. The van der Waals surface area contributed by atoms with Crippen LogP contribution in [0.3, 0.4) is 0 Å². The minimum atomic E-state index is 0.847. The number of hydrogen-bond donors (Lipinski definition) is 0. The Balaban J connectivity index is 2.55. The van der Waals surface area contributed by atoms with Crippen molar-refractivity contribution in [1.29, 1.82) is 0 Å². The van der Waals surface area contributed by atoms with Crippen LogP contribution in [0.4, 0.5) is 0 Å². The Morgan fingerprint density at radius 3 is 3.00 bits per heavy atom. The van der Waals surface area contributed by atoms with Gasteiger partial charge < -0.3 is 0 Å². The summed E-state index contributed by atoms with van der Waals surface area (Å²) in [4.78, 5) is 0. The molecule has 0 aromatic heterocycles. The van der Waals surface area contributed by atoms with E-state index in [1.54, 1.807) is 5.57 Å². The number of rotatable bonds is 2. The highest BCUT2D eigenvalue weighted by Gasteiger charge is 2.08. The molecule has 0 aromatic rings. The predicted octanol–water partition coefficient (Wildman–Crippen LogP) is 3.50. The molecule has 1 radical (unpaired) electrons. The van der Waals surface area contributed by atoms with Gasteiger partial charge in [0, 0.05) is 0 Å². The Bertz CT molecular complexity index is 163. The van der Waals surface area contributed by atoms with E-state index in [-0.39, 0.29) is 0 Å². The molecule has 0 saturated carbocycles. The van der Waals surface area contributed by atoms with E-state index in [0.29, 0.717) is 0 Å². The van der Waals surface area contributed by atoms with Gasteiger partial charge in [0.2, 0.25) is 0 Å². The molecular weight excluding hydrogens is 132 g/mol. The van der Waals surface area contributed by atoms with E-state index in [9.17, 15) is 0 Å². The minimum absolute atomic E-state index is 0.847. The Labute approximate surface area is 70.0 Å². The molecule has 0 saturated heterocycles. The molecule has 1 atom stereocenters. The van der Waals surface area contributed by atoms with Crippen molar-refractivity contribution in [2.24, 2.45) is 5.92 Å². The molecule has 0 aliphatic heterocycles. The highest BCUT2D eigenvalue weighted by molar-refractivity contribution is 5.13. The van der Waals surface area contributed by atoms with Crippen molar-refractivity contribution in [3.05, 3.63) is 23.8 Å². The van der Waals surface area contributed by atoms with Crippen LogP contribution in [0.25, 0.3) is 0 Å². The maximum Gasteiger partial charge on any atom is -0.0245 e. The largest absolute Gasteiger partial charge is 0.0702 e. The van der Waals surface area contributed by atoms with Gasteiger partial charge in [0.1, 0.15) is 0 Å². The third kappa shape index (κ3) is 2.53. The maximum atomic E-state index is 3.31. The molecule has 0 bridgehead atoms. The van der Waals surface area contributed by atoms with E-state index in [4.69, 9.17) is 0 Å². The molecule has 0 heteroatoms. The van der Waals surface area contributed by atoms with E-state index >= 15 is 0 Å². The van der Waals surface area contributed by atoms with E-state index in [1.165, 1.54) is 19.3 Å². The van der Waals surface area contributed by atoms with Crippen LogP contribution in [0.5, 0.6) is 0 Å². The lowest BCUT2D eigenvalue weighted by Crippen LogP contribution is -1.97. The van der Waals surface area contributed by atoms with Crippen molar-refractivity contribution < 1.29 is 0 Å². The third-order valence-electron chi connectivity index (χ3n) is 2.43. The normalized spacial score (nSPS) is 24.5. The second-order valence-corrected chi connectivity index (χ2v) is 3.23. The highest BCUT2D eigenvalue weighted by Crippen LogP contribution is 2.23. The first-order valence-electron chi connectivity index (χ1n) is 4.61. The lowest BCUT2D eigenvalue weighted by Gasteiger charge is -2.11. The zero-order valence-corrected chi connectivity index (χ0v) is 7.56. The summed E-state index contributed by atoms with van der Waals surface area (Å²) in [6.07, 6.45) is 12.6. The van der Waals surface area contributed by atoms with Gasteiger partial charge in [-0.2, -0.15) is 0 Å². The van der Waals surface area contributed by atoms with Crippen molar-refractivity contribution in [2.75, 3.05) is 0 Å². The summed E-state index contributed by atoms with van der Waals surface area (Å²) in [7, 11) is 0. The smallest absolute Gasteiger partial charge is 0.0245 e. The lowest BCUT2D eigenvalue weighted by molar-refractivity contribution is 0.504. The highest BCUT2D eigenvalue weighted by atomic mass is 14.1. The van der Waals surface area contributed by atoms with Crippen LogP contribution in [0.1, 0.15) is 39.5 Å². The fourth-order valence-corrected chi connectivity index (χ4v) is 1.47. The van der Waals surface area contributed by atoms with E-state index in [2.05, 4.69) is 32.1 Å². The Hall–Kier alpha value is -0.520. The van der Waals surface area contributed by atoms with Gasteiger partial charge in [0.25, 0.3) is 0 Å². The van der Waals surface area contributed by atoms with Crippen molar-refractivity contribution in [1.82, 2.24) is 0 Å². The molecular formula is C11H17. The van der Waals surface area contributed by atoms with Gasteiger partial charge in [-0.15, -0.1) is 0 Å². The molecule has 1 unspecified atom stereocenters. The van der Waals surface area contributed by atoms with Crippen molar-refractivity contribution in [3.8, 4) is 0 Å². The second-order valence-electron chi connectivity index (χ2n) is 3.23. The first-order chi connectivity index (χ1) is 5.36. The predicted molar refractivity (Wildman–Crippen MR) is 49.2 cm³/mol. The van der Waals surface area contributed by atoms with Gasteiger partial charge in [0.15, 0.2) is 0 Å². The fraction of sp³-hybridized carbons (Fsp3) is 0.636. The summed E-state index contributed by atoms with van der Waals surface area (Å²) in [6.45, 7) is 4.50. The topological polar surface area (TPSA) is 0 Å². The Morgan fingerprint density at radius 1 is 1.55 bits per heavy atom. The summed E-state index contributed by atoms with van der Waals surface area (Å²) in [6, 6.07) is 0. The van der Waals surface area contributed by atoms with Gasteiger partial charge in [-0.25, -0.2) is 0 Å². The minimum Gasteiger partial charge on any atom is -0.0702 e. The molecule has 0 N–H and O–H groups in total. The average molecular weight is 149 g/mol. The zero-order valence-electron chi connectivity index (χ0n) is 7.56. The molecule has 0 heterocycles. The summed E-state index contributed by atoms with van der Waals surface area (Å²) >= 11 is 0.